The normalized spacial score (nSPS) is 16.3. The van der Waals surface area contributed by atoms with Gasteiger partial charge in [0.25, 0.3) is 5.91 Å². The summed E-state index contributed by atoms with van der Waals surface area (Å²) < 4.78 is 10.7. The monoisotopic (exact) mass is 438 g/mol. The van der Waals surface area contributed by atoms with Gasteiger partial charge in [-0.2, -0.15) is 0 Å². The van der Waals surface area contributed by atoms with Gasteiger partial charge in [0.1, 0.15) is 16.5 Å². The van der Waals surface area contributed by atoms with Crippen molar-refractivity contribution in [2.45, 2.75) is 32.4 Å². The van der Waals surface area contributed by atoms with Crippen molar-refractivity contribution in [1.82, 2.24) is 15.1 Å². The lowest BCUT2D eigenvalue weighted by atomic mass is 10.0. The molecule has 1 amide bonds. The lowest BCUT2D eigenvalue weighted by Gasteiger charge is -2.23. The maximum atomic E-state index is 12.5. The molecule has 0 radical (unpaired) electrons. The molecular weight excluding hydrogens is 412 g/mol. The van der Waals surface area contributed by atoms with Crippen LogP contribution in [0, 0.1) is 0 Å². The molecule has 2 heterocycles. The molecule has 1 aliphatic heterocycles. The molecule has 7 nitrogen and oxygen atoms in total. The van der Waals surface area contributed by atoms with Gasteiger partial charge in [0.2, 0.25) is 5.01 Å². The summed E-state index contributed by atoms with van der Waals surface area (Å²) in [6, 6.07) is 15.9. The lowest BCUT2D eigenvalue weighted by Crippen LogP contribution is -2.22. The standard InChI is InChI=1S/C23H26N4O3S/c1-3-30-19-10-6-16(7-11-19)20-5-4-14-27(20)15-21-25-26-23(31-21)22(28)24-17-8-12-18(29-2)13-9-17/h6-13,20H,3-5,14-15H2,1-2H3,(H,24,28). The van der Waals surface area contributed by atoms with Gasteiger partial charge < -0.3 is 14.8 Å². The van der Waals surface area contributed by atoms with E-state index in [-0.39, 0.29) is 5.91 Å². The number of carbonyl (C=O) groups excluding carboxylic acids is 1. The van der Waals surface area contributed by atoms with Crippen LogP contribution in [0.5, 0.6) is 11.5 Å². The molecule has 31 heavy (non-hydrogen) atoms. The molecule has 1 aliphatic rings. The zero-order chi connectivity index (χ0) is 21.6. The SMILES string of the molecule is CCOc1ccc(C2CCCN2Cc2nnc(C(=O)Nc3ccc(OC)cc3)s2)cc1. The Labute approximate surface area is 186 Å². The Kier molecular flexibility index (Phi) is 6.79. The molecular formula is C23H26N4O3S. The average Bonchev–Trinajstić information content (AvgIpc) is 3.45. The molecule has 2 aromatic carbocycles. The summed E-state index contributed by atoms with van der Waals surface area (Å²) in [5.74, 6) is 1.38. The average molecular weight is 439 g/mol. The third-order valence-electron chi connectivity index (χ3n) is 5.29. The molecule has 1 aromatic heterocycles. The second-order valence-corrected chi connectivity index (χ2v) is 8.38. The van der Waals surface area contributed by atoms with E-state index in [0.717, 1.165) is 35.9 Å². The van der Waals surface area contributed by atoms with Crippen LogP contribution in [0.2, 0.25) is 0 Å². The number of aromatic nitrogens is 2. The van der Waals surface area contributed by atoms with Crippen LogP contribution in [-0.2, 0) is 6.54 Å². The van der Waals surface area contributed by atoms with Crippen LogP contribution >= 0.6 is 11.3 Å². The first-order valence-corrected chi connectivity index (χ1v) is 11.2. The summed E-state index contributed by atoms with van der Waals surface area (Å²) in [6.07, 6.45) is 2.25. The number of nitrogens with one attached hydrogen (secondary N) is 1. The van der Waals surface area contributed by atoms with Gasteiger partial charge in [0.15, 0.2) is 0 Å². The Balaban J connectivity index is 1.38. The van der Waals surface area contributed by atoms with Gasteiger partial charge in [-0.05, 0) is 68.3 Å². The smallest absolute Gasteiger partial charge is 0.286 e. The van der Waals surface area contributed by atoms with Crippen LogP contribution < -0.4 is 14.8 Å². The zero-order valence-electron chi connectivity index (χ0n) is 17.7. The van der Waals surface area contributed by atoms with Gasteiger partial charge in [0, 0.05) is 11.7 Å². The van der Waals surface area contributed by atoms with E-state index >= 15 is 0 Å². The van der Waals surface area contributed by atoms with Crippen LogP contribution in [-0.4, -0.2) is 41.3 Å². The van der Waals surface area contributed by atoms with Gasteiger partial charge in [-0.3, -0.25) is 9.69 Å². The highest BCUT2D eigenvalue weighted by molar-refractivity contribution is 7.13. The number of amides is 1. The van der Waals surface area contributed by atoms with Crippen molar-refractivity contribution in [2.24, 2.45) is 0 Å². The van der Waals surface area contributed by atoms with Gasteiger partial charge >= 0.3 is 0 Å². The van der Waals surface area contributed by atoms with E-state index in [9.17, 15) is 4.79 Å². The van der Waals surface area contributed by atoms with E-state index in [1.807, 2.05) is 19.1 Å². The Morgan fingerprint density at radius 2 is 1.87 bits per heavy atom. The number of anilines is 1. The largest absolute Gasteiger partial charge is 0.497 e. The number of methoxy groups -OCH3 is 1. The fraction of sp³-hybridized carbons (Fsp3) is 0.348. The predicted octanol–water partition coefficient (Wildman–Crippen LogP) is 4.53. The van der Waals surface area contributed by atoms with E-state index in [4.69, 9.17) is 9.47 Å². The zero-order valence-corrected chi connectivity index (χ0v) is 18.5. The quantitative estimate of drug-likeness (QED) is 0.557. The first-order chi connectivity index (χ1) is 15.2. The number of rotatable bonds is 8. The van der Waals surface area contributed by atoms with Crippen LogP contribution in [0.4, 0.5) is 5.69 Å². The van der Waals surface area contributed by atoms with Gasteiger partial charge in [-0.25, -0.2) is 0 Å². The molecule has 1 N–H and O–H groups in total. The Bertz CT molecular complexity index is 1000. The third-order valence-corrected chi connectivity index (χ3v) is 6.19. The third kappa shape index (κ3) is 5.21. The van der Waals surface area contributed by atoms with E-state index in [2.05, 4.69) is 32.5 Å². The molecule has 162 valence electrons. The van der Waals surface area contributed by atoms with Crippen molar-refractivity contribution in [2.75, 3.05) is 25.6 Å². The fourth-order valence-electron chi connectivity index (χ4n) is 3.79. The highest BCUT2D eigenvalue weighted by Gasteiger charge is 2.27. The van der Waals surface area contributed by atoms with E-state index in [0.29, 0.717) is 29.9 Å². The Hall–Kier alpha value is -2.97. The molecule has 8 heteroatoms. The van der Waals surface area contributed by atoms with E-state index < -0.39 is 0 Å². The minimum Gasteiger partial charge on any atom is -0.497 e. The number of hydrogen-bond acceptors (Lipinski definition) is 7. The summed E-state index contributed by atoms with van der Waals surface area (Å²) in [5.41, 5.74) is 1.97. The topological polar surface area (TPSA) is 76.6 Å². The predicted molar refractivity (Wildman–Crippen MR) is 121 cm³/mol. The number of hydrogen-bond donors (Lipinski definition) is 1. The van der Waals surface area contributed by atoms with Gasteiger partial charge in [-0.15, -0.1) is 10.2 Å². The number of nitrogens with zero attached hydrogens (tertiary/aromatic N) is 3. The minimum atomic E-state index is -0.251. The molecule has 0 bridgehead atoms. The first-order valence-electron chi connectivity index (χ1n) is 10.4. The molecule has 1 unspecified atom stereocenters. The number of carbonyl (C=O) groups is 1. The molecule has 3 aromatic rings. The highest BCUT2D eigenvalue weighted by Crippen LogP contribution is 2.34. The lowest BCUT2D eigenvalue weighted by molar-refractivity contribution is 0.102. The van der Waals surface area contributed by atoms with Crippen LogP contribution in [0.15, 0.2) is 48.5 Å². The molecule has 1 atom stereocenters. The highest BCUT2D eigenvalue weighted by atomic mass is 32.1. The van der Waals surface area contributed by atoms with Crippen molar-refractivity contribution < 1.29 is 14.3 Å². The van der Waals surface area contributed by atoms with Gasteiger partial charge in [-0.1, -0.05) is 23.5 Å². The fourth-order valence-corrected chi connectivity index (χ4v) is 4.55. The summed E-state index contributed by atoms with van der Waals surface area (Å²) in [5, 5.41) is 12.4. The van der Waals surface area contributed by atoms with E-state index in [1.54, 1.807) is 31.4 Å². The second kappa shape index (κ2) is 9.89. The second-order valence-electron chi connectivity index (χ2n) is 7.31. The molecule has 0 spiro atoms. The summed E-state index contributed by atoms with van der Waals surface area (Å²) >= 11 is 1.34. The van der Waals surface area contributed by atoms with Crippen molar-refractivity contribution in [3.8, 4) is 11.5 Å². The number of benzene rings is 2. The molecule has 0 saturated carbocycles. The van der Waals surface area contributed by atoms with Crippen LogP contribution in [0.25, 0.3) is 0 Å². The number of likely N-dealkylation sites (tertiary alicyclic amines) is 1. The number of ether oxygens (including phenoxy) is 2. The Morgan fingerprint density at radius 1 is 1.13 bits per heavy atom. The molecule has 1 saturated heterocycles. The minimum absolute atomic E-state index is 0.251. The maximum Gasteiger partial charge on any atom is 0.286 e. The summed E-state index contributed by atoms with van der Waals surface area (Å²) in [4.78, 5) is 14.9. The van der Waals surface area contributed by atoms with E-state index in [1.165, 1.54) is 16.9 Å². The Morgan fingerprint density at radius 3 is 2.58 bits per heavy atom. The van der Waals surface area contributed by atoms with Crippen molar-refractivity contribution >= 4 is 22.9 Å². The summed E-state index contributed by atoms with van der Waals surface area (Å²) in [7, 11) is 1.61. The molecule has 1 fully saturated rings. The van der Waals surface area contributed by atoms with Gasteiger partial charge in [0.05, 0.1) is 20.3 Å². The van der Waals surface area contributed by atoms with Crippen molar-refractivity contribution in [3.63, 3.8) is 0 Å². The molecule has 4 rings (SSSR count). The van der Waals surface area contributed by atoms with Crippen molar-refractivity contribution in [1.29, 1.82) is 0 Å². The summed E-state index contributed by atoms with van der Waals surface area (Å²) in [6.45, 7) is 4.34. The molecule has 0 aliphatic carbocycles. The maximum absolute atomic E-state index is 12.5. The van der Waals surface area contributed by atoms with Crippen LogP contribution in [0.3, 0.4) is 0 Å². The van der Waals surface area contributed by atoms with Crippen molar-refractivity contribution in [3.05, 3.63) is 64.1 Å². The van der Waals surface area contributed by atoms with Crippen LogP contribution in [0.1, 0.15) is 46.2 Å². The first kappa shape index (κ1) is 21.3.